The van der Waals surface area contributed by atoms with Crippen molar-refractivity contribution in [1.29, 1.82) is 0 Å². The Morgan fingerprint density at radius 1 is 1.21 bits per heavy atom. The molecule has 0 amide bonds. The summed E-state index contributed by atoms with van der Waals surface area (Å²) in [6.07, 6.45) is 2.37. The number of rotatable bonds is 4. The van der Waals surface area contributed by atoms with E-state index in [1.54, 1.807) is 12.3 Å². The molecule has 2 rings (SSSR count). The average molecular weight is 258 g/mol. The van der Waals surface area contributed by atoms with Crippen molar-refractivity contribution in [3.8, 4) is 0 Å². The highest BCUT2D eigenvalue weighted by atomic mass is 16.3. The maximum Gasteiger partial charge on any atom is 0.347 e. The van der Waals surface area contributed by atoms with Crippen LogP contribution in [0.25, 0.3) is 0 Å². The van der Waals surface area contributed by atoms with Gasteiger partial charge in [-0.3, -0.25) is 4.57 Å². The van der Waals surface area contributed by atoms with E-state index in [-0.39, 0.29) is 12.2 Å². The van der Waals surface area contributed by atoms with Gasteiger partial charge in [0.15, 0.2) is 0 Å². The van der Waals surface area contributed by atoms with Crippen molar-refractivity contribution < 1.29 is 5.11 Å². The largest absolute Gasteiger partial charge is 0.387 e. The van der Waals surface area contributed by atoms with Gasteiger partial charge in [0.05, 0.1) is 12.6 Å². The number of aliphatic hydroxyl groups is 1. The lowest BCUT2D eigenvalue weighted by Gasteiger charge is -2.13. The summed E-state index contributed by atoms with van der Waals surface area (Å²) in [5.41, 5.74) is 1.69. The zero-order valence-corrected chi connectivity index (χ0v) is 11.2. The minimum absolute atomic E-state index is 0.216. The quantitative estimate of drug-likeness (QED) is 0.913. The fourth-order valence-corrected chi connectivity index (χ4v) is 1.92. The van der Waals surface area contributed by atoms with Crippen LogP contribution in [0.4, 0.5) is 0 Å². The van der Waals surface area contributed by atoms with Gasteiger partial charge in [-0.2, -0.15) is 0 Å². The van der Waals surface area contributed by atoms with Crippen LogP contribution in [-0.4, -0.2) is 14.7 Å². The predicted octanol–water partition coefficient (Wildman–Crippen LogP) is 2.10. The SMILES string of the molecule is CC(C)c1ccc(C(O)Cn2cccnc2=O)cc1. The van der Waals surface area contributed by atoms with Gasteiger partial charge in [-0.1, -0.05) is 38.1 Å². The molecule has 0 radical (unpaired) electrons. The summed E-state index contributed by atoms with van der Waals surface area (Å²) >= 11 is 0. The number of aromatic nitrogens is 2. The standard InChI is InChI=1S/C15H18N2O2/c1-11(2)12-4-6-13(7-5-12)14(18)10-17-9-3-8-16-15(17)19/h3-9,11,14,18H,10H2,1-2H3. The molecule has 0 aliphatic carbocycles. The molecule has 0 saturated carbocycles. The second-order valence-corrected chi connectivity index (χ2v) is 4.89. The number of hydrogen-bond acceptors (Lipinski definition) is 3. The molecule has 0 aliphatic heterocycles. The molecular formula is C15H18N2O2. The van der Waals surface area contributed by atoms with Crippen LogP contribution in [0.2, 0.25) is 0 Å². The lowest BCUT2D eigenvalue weighted by molar-refractivity contribution is 0.154. The molecule has 1 aromatic carbocycles. The molecule has 4 nitrogen and oxygen atoms in total. The Morgan fingerprint density at radius 2 is 1.84 bits per heavy atom. The Balaban J connectivity index is 2.14. The van der Waals surface area contributed by atoms with Gasteiger partial charge in [-0.05, 0) is 23.1 Å². The van der Waals surface area contributed by atoms with Crippen molar-refractivity contribution >= 4 is 0 Å². The van der Waals surface area contributed by atoms with Crippen LogP contribution in [-0.2, 0) is 6.54 Å². The van der Waals surface area contributed by atoms with E-state index in [9.17, 15) is 9.90 Å². The van der Waals surface area contributed by atoms with Gasteiger partial charge in [0.25, 0.3) is 0 Å². The second-order valence-electron chi connectivity index (χ2n) is 4.89. The monoisotopic (exact) mass is 258 g/mol. The maximum absolute atomic E-state index is 11.5. The van der Waals surface area contributed by atoms with Gasteiger partial charge in [0.1, 0.15) is 0 Å². The summed E-state index contributed by atoms with van der Waals surface area (Å²) in [5.74, 6) is 0.465. The minimum Gasteiger partial charge on any atom is -0.387 e. The van der Waals surface area contributed by atoms with Crippen molar-refractivity contribution in [2.24, 2.45) is 0 Å². The molecule has 0 aliphatic rings. The van der Waals surface area contributed by atoms with Crippen molar-refractivity contribution in [3.05, 3.63) is 64.3 Å². The lowest BCUT2D eigenvalue weighted by atomic mass is 10.00. The van der Waals surface area contributed by atoms with Crippen LogP contribution in [0.15, 0.2) is 47.5 Å². The first-order valence-corrected chi connectivity index (χ1v) is 6.37. The summed E-state index contributed by atoms with van der Waals surface area (Å²) < 4.78 is 1.40. The fourth-order valence-electron chi connectivity index (χ4n) is 1.92. The van der Waals surface area contributed by atoms with Crippen LogP contribution < -0.4 is 5.69 Å². The first-order valence-electron chi connectivity index (χ1n) is 6.37. The molecule has 2 aromatic rings. The first kappa shape index (κ1) is 13.5. The molecule has 0 fully saturated rings. The van der Waals surface area contributed by atoms with E-state index in [1.807, 2.05) is 24.3 Å². The summed E-state index contributed by atoms with van der Waals surface area (Å²) in [4.78, 5) is 15.1. The van der Waals surface area contributed by atoms with Gasteiger partial charge >= 0.3 is 5.69 Å². The molecule has 0 saturated heterocycles. The zero-order chi connectivity index (χ0) is 13.8. The normalized spacial score (nSPS) is 12.6. The van der Waals surface area contributed by atoms with E-state index in [0.29, 0.717) is 5.92 Å². The van der Waals surface area contributed by atoms with Crippen molar-refractivity contribution in [1.82, 2.24) is 9.55 Å². The summed E-state index contributed by atoms with van der Waals surface area (Å²) in [6.45, 7) is 4.47. The van der Waals surface area contributed by atoms with Crippen molar-refractivity contribution in [2.75, 3.05) is 0 Å². The number of nitrogens with zero attached hydrogens (tertiary/aromatic N) is 2. The Hall–Kier alpha value is -1.94. The van der Waals surface area contributed by atoms with E-state index in [0.717, 1.165) is 5.56 Å². The van der Waals surface area contributed by atoms with Gasteiger partial charge < -0.3 is 5.11 Å². The van der Waals surface area contributed by atoms with E-state index in [2.05, 4.69) is 18.8 Å². The van der Waals surface area contributed by atoms with Crippen molar-refractivity contribution in [2.45, 2.75) is 32.4 Å². The summed E-state index contributed by atoms with van der Waals surface area (Å²) in [6, 6.07) is 9.50. The highest BCUT2D eigenvalue weighted by Gasteiger charge is 2.09. The topological polar surface area (TPSA) is 55.1 Å². The van der Waals surface area contributed by atoms with Gasteiger partial charge in [-0.25, -0.2) is 9.78 Å². The lowest BCUT2D eigenvalue weighted by Crippen LogP contribution is -2.24. The Labute approximate surface area is 112 Å². The highest BCUT2D eigenvalue weighted by Crippen LogP contribution is 2.19. The first-order chi connectivity index (χ1) is 9.08. The van der Waals surface area contributed by atoms with Gasteiger partial charge in [-0.15, -0.1) is 0 Å². The summed E-state index contributed by atoms with van der Waals surface area (Å²) in [5, 5.41) is 10.1. The Morgan fingerprint density at radius 3 is 2.42 bits per heavy atom. The van der Waals surface area contributed by atoms with Crippen LogP contribution in [0.3, 0.4) is 0 Å². The van der Waals surface area contributed by atoms with Gasteiger partial charge in [0, 0.05) is 12.4 Å². The third-order valence-corrected chi connectivity index (χ3v) is 3.14. The fraction of sp³-hybridized carbons (Fsp3) is 0.333. The third-order valence-electron chi connectivity index (χ3n) is 3.14. The number of benzene rings is 1. The third kappa shape index (κ3) is 3.29. The van der Waals surface area contributed by atoms with Crippen LogP contribution >= 0.6 is 0 Å². The zero-order valence-electron chi connectivity index (χ0n) is 11.2. The van der Waals surface area contributed by atoms with Gasteiger partial charge in [0.2, 0.25) is 0 Å². The highest BCUT2D eigenvalue weighted by molar-refractivity contribution is 5.26. The summed E-state index contributed by atoms with van der Waals surface area (Å²) in [7, 11) is 0. The maximum atomic E-state index is 11.5. The number of hydrogen-bond donors (Lipinski definition) is 1. The van der Waals surface area contributed by atoms with E-state index >= 15 is 0 Å². The van der Waals surface area contributed by atoms with E-state index in [4.69, 9.17) is 0 Å². The van der Waals surface area contributed by atoms with Crippen LogP contribution in [0.1, 0.15) is 37.0 Å². The molecule has 1 unspecified atom stereocenters. The number of aliphatic hydroxyl groups excluding tert-OH is 1. The molecule has 1 atom stereocenters. The second kappa shape index (κ2) is 5.80. The Kier molecular flexibility index (Phi) is 4.12. The Bertz CT molecular complexity index is 588. The van der Waals surface area contributed by atoms with Crippen LogP contribution in [0, 0.1) is 0 Å². The average Bonchev–Trinajstić information content (AvgIpc) is 2.41. The molecule has 4 heteroatoms. The minimum atomic E-state index is -0.705. The predicted molar refractivity (Wildman–Crippen MR) is 74.0 cm³/mol. The molecule has 0 bridgehead atoms. The molecular weight excluding hydrogens is 240 g/mol. The van der Waals surface area contributed by atoms with E-state index < -0.39 is 6.10 Å². The molecule has 1 heterocycles. The molecule has 19 heavy (non-hydrogen) atoms. The smallest absolute Gasteiger partial charge is 0.347 e. The van der Waals surface area contributed by atoms with Crippen molar-refractivity contribution in [3.63, 3.8) is 0 Å². The molecule has 0 spiro atoms. The molecule has 1 aromatic heterocycles. The van der Waals surface area contributed by atoms with Crippen LogP contribution in [0.5, 0.6) is 0 Å². The molecule has 1 N–H and O–H groups in total. The molecule has 100 valence electrons. The van der Waals surface area contributed by atoms with E-state index in [1.165, 1.54) is 16.3 Å².